The van der Waals surface area contributed by atoms with Crippen LogP contribution >= 0.6 is 34.8 Å². The molecule has 0 amide bonds. The maximum absolute atomic E-state index is 12.2. The van der Waals surface area contributed by atoms with Gasteiger partial charge in [0.15, 0.2) is 0 Å². The lowest BCUT2D eigenvalue weighted by Crippen LogP contribution is -2.29. The SMILES string of the molecule is CN(C)/C=C(/C(=O)C(F)F)C(=O)C(Cl)(Cl)Cl. The van der Waals surface area contributed by atoms with E-state index in [0.717, 1.165) is 6.20 Å². The number of nitrogens with zero attached hydrogens (tertiary/aromatic N) is 1. The van der Waals surface area contributed by atoms with E-state index in [1.54, 1.807) is 0 Å². The van der Waals surface area contributed by atoms with Crippen molar-refractivity contribution in [1.82, 2.24) is 4.90 Å². The fourth-order valence-corrected chi connectivity index (χ4v) is 1.07. The van der Waals surface area contributed by atoms with Gasteiger partial charge in [0.25, 0.3) is 3.79 Å². The van der Waals surface area contributed by atoms with Gasteiger partial charge in [-0.25, -0.2) is 8.78 Å². The van der Waals surface area contributed by atoms with Crippen molar-refractivity contribution in [3.63, 3.8) is 0 Å². The predicted molar refractivity (Wildman–Crippen MR) is 58.1 cm³/mol. The molecule has 0 saturated carbocycles. The van der Waals surface area contributed by atoms with Crippen molar-refractivity contribution in [2.24, 2.45) is 0 Å². The van der Waals surface area contributed by atoms with Gasteiger partial charge in [-0.3, -0.25) is 9.59 Å². The van der Waals surface area contributed by atoms with Gasteiger partial charge in [-0.2, -0.15) is 0 Å². The third kappa shape index (κ3) is 4.63. The molecule has 3 nitrogen and oxygen atoms in total. The molecule has 0 aliphatic rings. The number of alkyl halides is 5. The number of hydrogen-bond acceptors (Lipinski definition) is 3. The summed E-state index contributed by atoms with van der Waals surface area (Å²) >= 11 is 15.7. The molecule has 8 heteroatoms. The summed E-state index contributed by atoms with van der Waals surface area (Å²) in [7, 11) is 2.87. The van der Waals surface area contributed by atoms with E-state index in [1.807, 2.05) is 0 Å². The fraction of sp³-hybridized carbons (Fsp3) is 0.500. The highest BCUT2D eigenvalue weighted by Crippen LogP contribution is 2.31. The molecule has 0 aliphatic carbocycles. The maximum atomic E-state index is 12.2. The maximum Gasteiger partial charge on any atom is 0.300 e. The largest absolute Gasteiger partial charge is 0.383 e. The molecule has 0 rings (SSSR count). The highest BCUT2D eigenvalue weighted by atomic mass is 35.6. The Balaban J connectivity index is 5.29. The van der Waals surface area contributed by atoms with Crippen molar-refractivity contribution in [3.05, 3.63) is 11.8 Å². The van der Waals surface area contributed by atoms with Gasteiger partial charge >= 0.3 is 6.43 Å². The lowest BCUT2D eigenvalue weighted by atomic mass is 10.1. The number of ketones is 2. The minimum atomic E-state index is -3.33. The predicted octanol–water partition coefficient (Wildman–Crippen LogP) is 2.21. The highest BCUT2D eigenvalue weighted by Gasteiger charge is 2.38. The zero-order valence-electron chi connectivity index (χ0n) is 8.31. The van der Waals surface area contributed by atoms with Gasteiger partial charge < -0.3 is 4.90 Å². The first-order valence-corrected chi connectivity index (χ1v) is 5.03. The van der Waals surface area contributed by atoms with Crippen LogP contribution < -0.4 is 0 Å². The molecule has 0 aromatic rings. The molecule has 92 valence electrons. The van der Waals surface area contributed by atoms with Crippen LogP contribution in [0.3, 0.4) is 0 Å². The van der Waals surface area contributed by atoms with Crippen LogP contribution in [0.5, 0.6) is 0 Å². The number of carbonyl (C=O) groups excluding carboxylic acids is 2. The molecule has 0 aromatic heterocycles. The first-order valence-electron chi connectivity index (χ1n) is 3.89. The van der Waals surface area contributed by atoms with E-state index in [4.69, 9.17) is 34.8 Å². The molecular weight excluding hydrogens is 286 g/mol. The smallest absolute Gasteiger partial charge is 0.300 e. The van der Waals surface area contributed by atoms with Gasteiger partial charge in [0, 0.05) is 20.3 Å². The summed E-state index contributed by atoms with van der Waals surface area (Å²) in [6.07, 6.45) is -2.44. The average Bonchev–Trinajstić information content (AvgIpc) is 2.09. The Morgan fingerprint density at radius 1 is 1.25 bits per heavy atom. The van der Waals surface area contributed by atoms with Gasteiger partial charge in [0.2, 0.25) is 11.6 Å². The fourth-order valence-electron chi connectivity index (χ4n) is 0.763. The van der Waals surface area contributed by atoms with Crippen molar-refractivity contribution in [2.75, 3.05) is 14.1 Å². The molecule has 0 bridgehead atoms. The Morgan fingerprint density at radius 3 is 1.94 bits per heavy atom. The van der Waals surface area contributed by atoms with Crippen LogP contribution in [0.2, 0.25) is 0 Å². The summed E-state index contributed by atoms with van der Waals surface area (Å²) in [6.45, 7) is 0. The van der Waals surface area contributed by atoms with E-state index in [0.29, 0.717) is 0 Å². The van der Waals surface area contributed by atoms with E-state index in [-0.39, 0.29) is 0 Å². The summed E-state index contributed by atoms with van der Waals surface area (Å²) < 4.78 is 21.9. The molecule has 0 saturated heterocycles. The van der Waals surface area contributed by atoms with Crippen molar-refractivity contribution >= 4 is 46.4 Å². The summed E-state index contributed by atoms with van der Waals surface area (Å²) in [5.41, 5.74) is -0.847. The number of rotatable bonds is 4. The van der Waals surface area contributed by atoms with E-state index >= 15 is 0 Å². The topological polar surface area (TPSA) is 37.4 Å². The van der Waals surface area contributed by atoms with Gasteiger partial charge in [-0.05, 0) is 0 Å². The molecular formula is C8H8Cl3F2NO2. The molecule has 0 N–H and O–H groups in total. The first-order chi connectivity index (χ1) is 7.07. The first kappa shape index (κ1) is 15.6. The number of carbonyl (C=O) groups is 2. The highest BCUT2D eigenvalue weighted by molar-refractivity contribution is 6.78. The zero-order valence-corrected chi connectivity index (χ0v) is 10.6. The number of Topliss-reactive ketones (excluding diaryl/α,β-unsaturated/α-hetero) is 2. The van der Waals surface area contributed by atoms with Crippen LogP contribution in [-0.4, -0.2) is 40.8 Å². The van der Waals surface area contributed by atoms with Crippen LogP contribution in [0.1, 0.15) is 0 Å². The van der Waals surface area contributed by atoms with Crippen LogP contribution in [0.25, 0.3) is 0 Å². The third-order valence-corrected chi connectivity index (χ3v) is 1.87. The lowest BCUT2D eigenvalue weighted by Gasteiger charge is -2.14. The Bertz CT molecular complexity index is 324. The molecule has 16 heavy (non-hydrogen) atoms. The number of halogens is 5. The van der Waals surface area contributed by atoms with Gasteiger partial charge in [0.1, 0.15) is 0 Å². The third-order valence-electron chi connectivity index (χ3n) is 1.35. The van der Waals surface area contributed by atoms with E-state index in [9.17, 15) is 18.4 Å². The van der Waals surface area contributed by atoms with Gasteiger partial charge in [-0.1, -0.05) is 34.8 Å². The van der Waals surface area contributed by atoms with E-state index in [1.165, 1.54) is 19.0 Å². The normalized spacial score (nSPS) is 12.9. The Morgan fingerprint density at radius 2 is 1.69 bits per heavy atom. The summed E-state index contributed by atoms with van der Waals surface area (Å²) in [4.78, 5) is 23.7. The molecule has 0 unspecified atom stereocenters. The van der Waals surface area contributed by atoms with Crippen molar-refractivity contribution < 1.29 is 18.4 Å². The molecule has 0 spiro atoms. The van der Waals surface area contributed by atoms with Crippen LogP contribution in [0.15, 0.2) is 11.8 Å². The summed E-state index contributed by atoms with van der Waals surface area (Å²) in [5.74, 6) is -2.96. The van der Waals surface area contributed by atoms with Crippen LogP contribution in [0.4, 0.5) is 8.78 Å². The number of hydrogen-bond donors (Lipinski definition) is 0. The van der Waals surface area contributed by atoms with Crippen LogP contribution in [0, 0.1) is 0 Å². The van der Waals surface area contributed by atoms with Gasteiger partial charge in [0.05, 0.1) is 5.57 Å². The molecule has 0 radical (unpaired) electrons. The summed E-state index contributed by atoms with van der Waals surface area (Å²) in [6, 6.07) is 0. The molecule has 0 heterocycles. The number of allylic oxidation sites excluding steroid dienone is 1. The molecule has 0 aliphatic heterocycles. The van der Waals surface area contributed by atoms with Gasteiger partial charge in [-0.15, -0.1) is 0 Å². The average molecular weight is 295 g/mol. The minimum Gasteiger partial charge on any atom is -0.383 e. The van der Waals surface area contributed by atoms with Crippen LogP contribution in [-0.2, 0) is 9.59 Å². The van der Waals surface area contributed by atoms with E-state index in [2.05, 4.69) is 0 Å². The summed E-state index contributed by atoms with van der Waals surface area (Å²) in [5, 5.41) is 0. The Hall–Kier alpha value is -0.390. The Kier molecular flexibility index (Phi) is 5.65. The van der Waals surface area contributed by atoms with E-state index < -0.39 is 27.4 Å². The monoisotopic (exact) mass is 293 g/mol. The Labute approximate surface area is 106 Å². The van der Waals surface area contributed by atoms with Crippen molar-refractivity contribution in [2.45, 2.75) is 10.2 Å². The second-order valence-corrected chi connectivity index (χ2v) is 5.28. The standard InChI is InChI=1S/C8H8Cl3F2NO2/c1-14(2)3-4(5(15)7(12)13)6(16)8(9,10)11/h3,7H,1-2H3/b4-3-. The van der Waals surface area contributed by atoms with Crippen molar-refractivity contribution in [1.29, 1.82) is 0 Å². The zero-order chi connectivity index (χ0) is 13.1. The van der Waals surface area contributed by atoms with Crippen molar-refractivity contribution in [3.8, 4) is 0 Å². The quantitative estimate of drug-likeness (QED) is 0.345. The molecule has 0 atom stereocenters. The molecule has 0 fully saturated rings. The second kappa shape index (κ2) is 5.80. The molecule has 0 aromatic carbocycles. The lowest BCUT2D eigenvalue weighted by molar-refractivity contribution is -0.128. The second-order valence-electron chi connectivity index (χ2n) is 3.00. The minimum absolute atomic E-state index is 0.847.